The lowest BCUT2D eigenvalue weighted by Crippen LogP contribution is -3.07. The third kappa shape index (κ3) is 5.33. The van der Waals surface area contributed by atoms with E-state index in [4.69, 9.17) is 9.47 Å². The zero-order valence-electron chi connectivity index (χ0n) is 20.2. The lowest BCUT2D eigenvalue weighted by Gasteiger charge is -2.23. The van der Waals surface area contributed by atoms with E-state index in [9.17, 15) is 9.59 Å². The Kier molecular flexibility index (Phi) is 7.71. The smallest absolute Gasteiger partial charge is 0.429 e. The number of rotatable bonds is 10. The molecule has 0 spiro atoms. The highest BCUT2D eigenvalue weighted by Gasteiger charge is 2.38. The van der Waals surface area contributed by atoms with Gasteiger partial charge in [-0.3, -0.25) is 10.1 Å². The van der Waals surface area contributed by atoms with Crippen molar-refractivity contribution in [2.75, 3.05) is 30.8 Å². The fourth-order valence-corrected chi connectivity index (χ4v) is 5.44. The van der Waals surface area contributed by atoms with Gasteiger partial charge in [0.05, 0.1) is 17.7 Å². The van der Waals surface area contributed by atoms with Crippen LogP contribution in [0.15, 0.2) is 60.8 Å². The molecule has 0 radical (unpaired) electrons. The molecule has 2 aromatic heterocycles. The minimum absolute atomic E-state index is 0.260. The molecular weight excluding hydrogens is 508 g/mol. The largest absolute Gasteiger partial charge is 0.457 e. The summed E-state index contributed by atoms with van der Waals surface area (Å²) in [6, 6.07) is 16.8. The average molecular weight is 536 g/mol. The fraction of sp³-hybridized carbons (Fsp3) is 0.222. The molecule has 1 aliphatic rings. The number of aryl methyl sites for hydroxylation is 1. The summed E-state index contributed by atoms with van der Waals surface area (Å²) in [5.41, 5.74) is 2.96. The van der Waals surface area contributed by atoms with E-state index in [1.807, 2.05) is 61.5 Å². The molecule has 0 aliphatic carbocycles. The first-order valence-corrected chi connectivity index (χ1v) is 13.4. The first kappa shape index (κ1) is 25.2. The van der Waals surface area contributed by atoms with Crippen LogP contribution in [0.4, 0.5) is 21.9 Å². The maximum absolute atomic E-state index is 13.4. The van der Waals surface area contributed by atoms with E-state index in [1.165, 1.54) is 11.3 Å². The van der Waals surface area contributed by atoms with Crippen LogP contribution >= 0.6 is 24.0 Å². The summed E-state index contributed by atoms with van der Waals surface area (Å²) >= 11 is 5.42. The Bertz CT molecular complexity index is 1440. The number of nitrogens with one attached hydrogen (secondary N) is 3. The highest BCUT2D eigenvalue weighted by Crippen LogP contribution is 2.40. The number of hydrogen-bond donors (Lipinski definition) is 4. The highest BCUT2D eigenvalue weighted by molar-refractivity contribution is 7.80. The molecule has 3 amide bonds. The monoisotopic (exact) mass is 535 g/mol. The van der Waals surface area contributed by atoms with Crippen molar-refractivity contribution in [1.29, 1.82) is 0 Å². The zero-order valence-corrected chi connectivity index (χ0v) is 22.0. The Morgan fingerprint density at radius 3 is 2.73 bits per heavy atom. The number of carbonyl (C=O) groups is 2. The number of hydrogen-bond acceptors (Lipinski definition) is 7. The Labute approximate surface area is 224 Å². The van der Waals surface area contributed by atoms with E-state index in [0.717, 1.165) is 40.2 Å². The number of quaternary nitrogens is 1. The summed E-state index contributed by atoms with van der Waals surface area (Å²) in [7, 11) is 0. The lowest BCUT2D eigenvalue weighted by molar-refractivity contribution is -0.660. The van der Waals surface area contributed by atoms with Crippen LogP contribution in [0.3, 0.4) is 0 Å². The number of thiol groups is 1. The second kappa shape index (κ2) is 11.3. The molecule has 5 rings (SSSR count). The molecule has 0 fully saturated rings. The molecule has 8 nitrogen and oxygen atoms in total. The second-order valence-corrected chi connectivity index (χ2v) is 9.96. The Balaban J connectivity index is 1.40. The van der Waals surface area contributed by atoms with Gasteiger partial charge in [0.25, 0.3) is 5.91 Å². The van der Waals surface area contributed by atoms with Crippen LogP contribution in [0.2, 0.25) is 0 Å². The minimum atomic E-state index is -0.262. The molecule has 3 N–H and O–H groups in total. The molecule has 1 atom stereocenters. The third-order valence-corrected chi connectivity index (χ3v) is 7.37. The second-order valence-electron chi connectivity index (χ2n) is 8.51. The summed E-state index contributed by atoms with van der Waals surface area (Å²) in [5, 5.41) is 6.62. The molecule has 0 saturated heterocycles. The van der Waals surface area contributed by atoms with Gasteiger partial charge in [-0.2, -0.15) is 17.5 Å². The first-order chi connectivity index (χ1) is 18.1. The summed E-state index contributed by atoms with van der Waals surface area (Å²) < 4.78 is 11.4. The number of ether oxygens (including phenoxy) is 2. The molecule has 37 heavy (non-hydrogen) atoms. The van der Waals surface area contributed by atoms with Crippen molar-refractivity contribution in [3.05, 3.63) is 71.2 Å². The van der Waals surface area contributed by atoms with E-state index in [0.29, 0.717) is 45.8 Å². The van der Waals surface area contributed by atoms with E-state index in [-0.39, 0.29) is 11.9 Å². The average Bonchev–Trinajstić information content (AvgIpc) is 3.27. The van der Waals surface area contributed by atoms with Gasteiger partial charge in [0.15, 0.2) is 5.69 Å². The Hall–Kier alpha value is -3.44. The molecule has 1 aliphatic heterocycles. The predicted octanol–water partition coefficient (Wildman–Crippen LogP) is 4.86. The maximum Gasteiger partial charge on any atom is 0.429 e. The van der Waals surface area contributed by atoms with Gasteiger partial charge in [-0.25, -0.2) is 9.78 Å². The lowest BCUT2D eigenvalue weighted by atomic mass is 10.1. The quantitative estimate of drug-likeness (QED) is 0.172. The minimum Gasteiger partial charge on any atom is -0.457 e. The van der Waals surface area contributed by atoms with E-state index in [1.54, 1.807) is 6.20 Å². The van der Waals surface area contributed by atoms with Crippen LogP contribution in [0.5, 0.6) is 11.5 Å². The number of para-hydroxylation sites is 1. The molecular formula is C27H27N4O4S2+. The topological polar surface area (TPSA) is 94.0 Å². The zero-order chi connectivity index (χ0) is 25.8. The summed E-state index contributed by atoms with van der Waals surface area (Å²) in [4.78, 5) is 32.5. The van der Waals surface area contributed by atoms with Crippen molar-refractivity contribution >= 4 is 63.2 Å². The third-order valence-electron chi connectivity index (χ3n) is 5.96. The number of carbonyl (C=O) groups excluding carboxylic acids is 2. The molecule has 4 aromatic rings. The maximum atomic E-state index is 13.4. The van der Waals surface area contributed by atoms with Crippen LogP contribution in [0.25, 0.3) is 10.2 Å². The molecule has 0 saturated carbocycles. The normalized spacial score (nSPS) is 14.4. The molecule has 1 unspecified atom stereocenters. The number of urea groups is 1. The molecule has 2 aromatic carbocycles. The van der Waals surface area contributed by atoms with Crippen molar-refractivity contribution in [1.82, 2.24) is 10.3 Å². The van der Waals surface area contributed by atoms with Crippen molar-refractivity contribution in [3.63, 3.8) is 0 Å². The van der Waals surface area contributed by atoms with Crippen LogP contribution in [0.1, 0.15) is 21.7 Å². The van der Waals surface area contributed by atoms with Crippen LogP contribution in [-0.4, -0.2) is 42.4 Å². The Morgan fingerprint density at radius 2 is 1.95 bits per heavy atom. The fourth-order valence-electron chi connectivity index (χ4n) is 4.27. The van der Waals surface area contributed by atoms with Crippen LogP contribution in [0, 0.1) is 6.92 Å². The van der Waals surface area contributed by atoms with Crippen molar-refractivity contribution < 1.29 is 24.0 Å². The highest BCUT2D eigenvalue weighted by atomic mass is 32.1. The first-order valence-electron chi connectivity index (χ1n) is 12.0. The standard InChI is InChI=1S/C27H26N4O4S2/c1-17-16-19(35-18-6-3-2-4-7-18)8-9-20(17)31-21-10-11-29-26-22(21)23(30-27(31)33)24(37-26)25(32)28-12-14-34-13-5-15-36/h2-4,6-11,16,36H,5,12-15H2,1H3,(H,28,32)(H,30,33)/p+1. The van der Waals surface area contributed by atoms with Gasteiger partial charge < -0.3 is 14.8 Å². The van der Waals surface area contributed by atoms with Gasteiger partial charge in [-0.05, 0) is 43.4 Å². The number of thiophene rings is 1. The van der Waals surface area contributed by atoms with Crippen molar-refractivity contribution in [2.45, 2.75) is 13.3 Å². The van der Waals surface area contributed by atoms with E-state index in [2.05, 4.69) is 28.2 Å². The van der Waals surface area contributed by atoms with Gasteiger partial charge in [-0.15, -0.1) is 11.3 Å². The van der Waals surface area contributed by atoms with Gasteiger partial charge >= 0.3 is 6.03 Å². The van der Waals surface area contributed by atoms with Gasteiger partial charge in [0, 0.05) is 37.0 Å². The molecule has 10 heteroatoms. The molecule has 3 heterocycles. The number of benzene rings is 2. The molecule has 0 bridgehead atoms. The predicted molar refractivity (Wildman–Crippen MR) is 148 cm³/mol. The van der Waals surface area contributed by atoms with Crippen molar-refractivity contribution in [3.8, 4) is 11.5 Å². The van der Waals surface area contributed by atoms with E-state index < -0.39 is 0 Å². The summed E-state index contributed by atoms with van der Waals surface area (Å²) in [6.45, 7) is 3.35. The number of aromatic nitrogens is 1. The Morgan fingerprint density at radius 1 is 1.11 bits per heavy atom. The summed E-state index contributed by atoms with van der Waals surface area (Å²) in [5.74, 6) is 1.93. The number of nitrogens with zero attached hydrogens (tertiary/aromatic N) is 1. The van der Waals surface area contributed by atoms with Gasteiger partial charge in [0.2, 0.25) is 0 Å². The van der Waals surface area contributed by atoms with Crippen molar-refractivity contribution in [2.24, 2.45) is 0 Å². The SMILES string of the molecule is Cc1cc(Oc2ccccc2)ccc1[NH+]1C(=O)Nc2c(C(=O)NCCOCCCS)sc3nccc1c23. The number of anilines is 1. The van der Waals surface area contributed by atoms with Crippen LogP contribution < -0.4 is 20.3 Å². The summed E-state index contributed by atoms with van der Waals surface area (Å²) in [6.07, 6.45) is 2.54. The van der Waals surface area contributed by atoms with Gasteiger partial charge in [0.1, 0.15) is 26.9 Å². The van der Waals surface area contributed by atoms with E-state index >= 15 is 0 Å². The number of pyridine rings is 1. The van der Waals surface area contributed by atoms with Crippen LogP contribution in [-0.2, 0) is 4.74 Å². The number of amides is 3. The van der Waals surface area contributed by atoms with Gasteiger partial charge in [-0.1, -0.05) is 18.2 Å². The molecule has 190 valence electrons.